The van der Waals surface area contributed by atoms with Crippen molar-refractivity contribution in [1.29, 1.82) is 5.26 Å². The van der Waals surface area contributed by atoms with Gasteiger partial charge in [0.15, 0.2) is 5.57 Å². The summed E-state index contributed by atoms with van der Waals surface area (Å²) >= 11 is 1.11. The summed E-state index contributed by atoms with van der Waals surface area (Å²) in [6.45, 7) is 7.49. The number of nitriles is 1. The zero-order valence-electron chi connectivity index (χ0n) is 18.0. The van der Waals surface area contributed by atoms with Crippen LogP contribution < -0.4 is 20.1 Å². The highest BCUT2D eigenvalue weighted by atomic mass is 32.1. The van der Waals surface area contributed by atoms with Gasteiger partial charge < -0.3 is 15.0 Å². The van der Waals surface area contributed by atoms with Gasteiger partial charge >= 0.3 is 5.97 Å². The fraction of sp³-hybridized carbons (Fsp3) is 0.435. The molecule has 0 saturated carbocycles. The van der Waals surface area contributed by atoms with E-state index in [0.29, 0.717) is 15.7 Å². The molecule has 1 aliphatic heterocycles. The SMILES string of the molecule is CCOC(=O)/C(C#N)=c1\s/c(=C/Nc2ccc(CCN3CCCC3)cc2)c(=O)n1CC. The van der Waals surface area contributed by atoms with E-state index >= 15 is 0 Å². The van der Waals surface area contributed by atoms with Gasteiger partial charge in [0, 0.05) is 25.0 Å². The molecule has 1 fully saturated rings. The number of ether oxygens (including phenoxy) is 1. The molecule has 1 aliphatic rings. The maximum absolute atomic E-state index is 12.7. The second-order valence-corrected chi connectivity index (χ2v) is 8.34. The molecule has 2 heterocycles. The zero-order valence-corrected chi connectivity index (χ0v) is 18.8. The van der Waals surface area contributed by atoms with Crippen molar-refractivity contribution in [2.45, 2.75) is 39.7 Å². The van der Waals surface area contributed by atoms with E-state index in [0.717, 1.165) is 30.0 Å². The van der Waals surface area contributed by atoms with Gasteiger partial charge in [-0.25, -0.2) is 4.79 Å². The molecule has 0 amide bonds. The largest absolute Gasteiger partial charge is 0.462 e. The molecule has 0 atom stereocenters. The van der Waals surface area contributed by atoms with Crippen LogP contribution >= 0.6 is 11.3 Å². The van der Waals surface area contributed by atoms with Gasteiger partial charge in [-0.3, -0.25) is 9.36 Å². The fourth-order valence-corrected chi connectivity index (χ4v) is 4.66. The first-order valence-electron chi connectivity index (χ1n) is 10.7. The Morgan fingerprint density at radius 1 is 1.26 bits per heavy atom. The molecule has 0 aliphatic carbocycles. The van der Waals surface area contributed by atoms with E-state index in [2.05, 4.69) is 22.3 Å². The number of esters is 1. The smallest absolute Gasteiger partial charge is 0.351 e. The number of aromatic nitrogens is 1. The summed E-state index contributed by atoms with van der Waals surface area (Å²) in [5.74, 6) is -0.711. The minimum atomic E-state index is -0.711. The Morgan fingerprint density at radius 3 is 2.58 bits per heavy atom. The summed E-state index contributed by atoms with van der Waals surface area (Å²) in [6.07, 6.45) is 5.26. The molecule has 2 aromatic rings. The molecule has 1 saturated heterocycles. The molecule has 1 aromatic carbocycles. The van der Waals surface area contributed by atoms with Gasteiger partial charge in [0.1, 0.15) is 15.3 Å². The number of hydrogen-bond donors (Lipinski definition) is 1. The Labute approximate surface area is 185 Å². The van der Waals surface area contributed by atoms with Crippen molar-refractivity contribution in [1.82, 2.24) is 9.47 Å². The maximum Gasteiger partial charge on any atom is 0.351 e. The lowest BCUT2D eigenvalue weighted by molar-refractivity contribution is -0.136. The van der Waals surface area contributed by atoms with E-state index in [4.69, 9.17) is 4.74 Å². The maximum atomic E-state index is 12.7. The quantitative estimate of drug-likeness (QED) is 0.628. The average molecular weight is 441 g/mol. The standard InChI is InChI=1S/C23H28N4O3S/c1-3-27-21(28)20(31-22(27)19(15-24)23(29)30-4-2)16-25-18-9-7-17(8-10-18)11-14-26-12-5-6-13-26/h7-10,16,25H,3-6,11-14H2,1-2H3/b20-16+,22-19-. The van der Waals surface area contributed by atoms with E-state index in [1.807, 2.05) is 18.2 Å². The second-order valence-electron chi connectivity index (χ2n) is 7.31. The monoisotopic (exact) mass is 440 g/mol. The molecule has 0 unspecified atom stereocenters. The number of carbonyl (C=O) groups excluding carboxylic acids is 1. The fourth-order valence-electron chi connectivity index (χ4n) is 3.59. The molecule has 0 spiro atoms. The number of nitrogens with one attached hydrogen (secondary N) is 1. The number of anilines is 1. The molecule has 0 radical (unpaired) electrons. The van der Waals surface area contributed by atoms with Gasteiger partial charge in [0.25, 0.3) is 5.56 Å². The lowest BCUT2D eigenvalue weighted by atomic mass is 10.1. The van der Waals surface area contributed by atoms with Crippen LogP contribution in [-0.4, -0.2) is 41.7 Å². The van der Waals surface area contributed by atoms with Gasteiger partial charge in [-0.2, -0.15) is 5.26 Å². The van der Waals surface area contributed by atoms with Crippen LogP contribution in [0.1, 0.15) is 32.3 Å². The number of rotatable bonds is 8. The Balaban J connectivity index is 1.79. The van der Waals surface area contributed by atoms with Crippen LogP contribution in [-0.2, 0) is 22.5 Å². The van der Waals surface area contributed by atoms with Gasteiger partial charge in [-0.15, -0.1) is 11.3 Å². The number of likely N-dealkylation sites (tertiary alicyclic amines) is 1. The van der Waals surface area contributed by atoms with Crippen LogP contribution in [0.25, 0.3) is 11.8 Å². The lowest BCUT2D eigenvalue weighted by Gasteiger charge is -2.14. The van der Waals surface area contributed by atoms with Crippen LogP contribution in [0.2, 0.25) is 0 Å². The summed E-state index contributed by atoms with van der Waals surface area (Å²) in [7, 11) is 0. The van der Waals surface area contributed by atoms with Crippen LogP contribution in [0.5, 0.6) is 0 Å². The van der Waals surface area contributed by atoms with Crippen LogP contribution in [0.15, 0.2) is 29.1 Å². The number of thiazole rings is 1. The topological polar surface area (TPSA) is 87.4 Å². The Kier molecular flexibility index (Phi) is 8.04. The summed E-state index contributed by atoms with van der Waals surface area (Å²) in [6, 6.07) is 10.1. The molecule has 164 valence electrons. The Bertz CT molecular complexity index is 1120. The Hall–Kier alpha value is -2.89. The molecule has 3 rings (SSSR count). The molecule has 1 aromatic heterocycles. The predicted octanol–water partition coefficient (Wildman–Crippen LogP) is 1.66. The third kappa shape index (κ3) is 5.63. The van der Waals surface area contributed by atoms with Crippen molar-refractivity contribution in [2.75, 3.05) is 31.6 Å². The molecular formula is C23H28N4O3S. The van der Waals surface area contributed by atoms with Gasteiger partial charge in [0.05, 0.1) is 6.61 Å². The van der Waals surface area contributed by atoms with Crippen molar-refractivity contribution in [3.63, 3.8) is 0 Å². The van der Waals surface area contributed by atoms with E-state index < -0.39 is 5.97 Å². The molecular weight excluding hydrogens is 412 g/mol. The van der Waals surface area contributed by atoms with Crippen LogP contribution in [0, 0.1) is 11.3 Å². The highest BCUT2D eigenvalue weighted by Crippen LogP contribution is 2.12. The molecule has 31 heavy (non-hydrogen) atoms. The number of nitrogens with zero attached hydrogens (tertiary/aromatic N) is 3. The Morgan fingerprint density at radius 2 is 1.97 bits per heavy atom. The third-order valence-electron chi connectivity index (χ3n) is 5.27. The average Bonchev–Trinajstić information content (AvgIpc) is 3.40. The van der Waals surface area contributed by atoms with Crippen molar-refractivity contribution in [3.8, 4) is 6.07 Å². The first-order chi connectivity index (χ1) is 15.1. The minimum Gasteiger partial charge on any atom is -0.462 e. The summed E-state index contributed by atoms with van der Waals surface area (Å²) in [5, 5.41) is 12.6. The van der Waals surface area contributed by atoms with Gasteiger partial charge in [-0.05, 0) is 63.9 Å². The molecule has 0 bridgehead atoms. The minimum absolute atomic E-state index is 0.146. The lowest BCUT2D eigenvalue weighted by Crippen LogP contribution is -2.32. The summed E-state index contributed by atoms with van der Waals surface area (Å²) in [4.78, 5) is 27.3. The second kappa shape index (κ2) is 10.9. The van der Waals surface area contributed by atoms with E-state index in [9.17, 15) is 14.9 Å². The molecule has 7 nitrogen and oxygen atoms in total. The van der Waals surface area contributed by atoms with Crippen molar-refractivity contribution < 1.29 is 9.53 Å². The summed E-state index contributed by atoms with van der Waals surface area (Å²) in [5.41, 5.74) is 1.77. The van der Waals surface area contributed by atoms with E-state index in [-0.39, 0.29) is 17.7 Å². The normalized spacial score (nSPS) is 15.6. The molecule has 1 N–H and O–H groups in total. The number of carbonyl (C=O) groups is 1. The first-order valence-corrected chi connectivity index (χ1v) is 11.5. The third-order valence-corrected chi connectivity index (χ3v) is 6.40. The summed E-state index contributed by atoms with van der Waals surface area (Å²) < 4.78 is 7.12. The highest BCUT2D eigenvalue weighted by molar-refractivity contribution is 7.07. The van der Waals surface area contributed by atoms with Crippen LogP contribution in [0.3, 0.4) is 0 Å². The number of hydrogen-bond acceptors (Lipinski definition) is 7. The van der Waals surface area contributed by atoms with Gasteiger partial charge in [-0.1, -0.05) is 12.1 Å². The van der Waals surface area contributed by atoms with Crippen molar-refractivity contribution in [3.05, 3.63) is 49.4 Å². The highest BCUT2D eigenvalue weighted by Gasteiger charge is 2.16. The number of benzene rings is 1. The molecule has 8 heteroatoms. The van der Waals surface area contributed by atoms with Crippen molar-refractivity contribution in [2.24, 2.45) is 0 Å². The van der Waals surface area contributed by atoms with Crippen LogP contribution in [0.4, 0.5) is 5.69 Å². The van der Waals surface area contributed by atoms with E-state index in [1.54, 1.807) is 20.0 Å². The van der Waals surface area contributed by atoms with E-state index in [1.165, 1.54) is 36.1 Å². The first kappa shape index (κ1) is 22.8. The zero-order chi connectivity index (χ0) is 22.2. The van der Waals surface area contributed by atoms with Gasteiger partial charge in [0.2, 0.25) is 0 Å². The predicted molar refractivity (Wildman–Crippen MR) is 123 cm³/mol. The van der Waals surface area contributed by atoms with Crippen molar-refractivity contribution >= 4 is 34.8 Å².